The lowest BCUT2D eigenvalue weighted by atomic mass is 10.1. The monoisotopic (exact) mass is 427 g/mol. The van der Waals surface area contributed by atoms with E-state index < -0.39 is 33.5 Å². The highest BCUT2D eigenvalue weighted by Gasteiger charge is 2.38. The molecule has 0 fully saturated rings. The van der Waals surface area contributed by atoms with Crippen LogP contribution >= 0.6 is 0 Å². The van der Waals surface area contributed by atoms with E-state index in [1.165, 1.54) is 48.7 Å². The molecule has 0 aliphatic carbocycles. The molecule has 29 heavy (non-hydrogen) atoms. The van der Waals surface area contributed by atoms with Crippen LogP contribution in [0.2, 0.25) is 0 Å². The van der Waals surface area contributed by atoms with Gasteiger partial charge in [-0.3, -0.25) is 4.79 Å². The number of rotatable bonds is 4. The fraction of sp³-hybridized carbons (Fsp3) is 0.167. The van der Waals surface area contributed by atoms with Crippen molar-refractivity contribution in [2.24, 2.45) is 4.36 Å². The van der Waals surface area contributed by atoms with Crippen LogP contribution in [-0.2, 0) is 21.7 Å². The molecule has 0 saturated carbocycles. The summed E-state index contributed by atoms with van der Waals surface area (Å²) in [4.78, 5) is 15.5. The van der Waals surface area contributed by atoms with E-state index >= 15 is 0 Å². The molecular weight excluding hydrogens is 414 g/mol. The van der Waals surface area contributed by atoms with E-state index in [0.717, 1.165) is 0 Å². The molecule has 0 aliphatic rings. The number of hydrogen-bond acceptors (Lipinski definition) is 5. The van der Waals surface area contributed by atoms with Crippen LogP contribution in [0, 0.1) is 5.82 Å². The van der Waals surface area contributed by atoms with Crippen LogP contribution in [0.25, 0.3) is 11.4 Å². The highest BCUT2D eigenvalue weighted by Crippen LogP contribution is 2.29. The van der Waals surface area contributed by atoms with Crippen LogP contribution in [0.1, 0.15) is 21.8 Å². The SMILES string of the molecule is CS(=O)(Cc1ccccc1F)=NC(=O)c1ccc(-c2noc(C(F)(F)F)n2)cc1. The zero-order chi connectivity index (χ0) is 21.2. The number of benzene rings is 2. The van der Waals surface area contributed by atoms with Crippen LogP contribution in [0.15, 0.2) is 57.4 Å². The smallest absolute Gasteiger partial charge is 0.329 e. The lowest BCUT2D eigenvalue weighted by Crippen LogP contribution is -2.07. The fourth-order valence-corrected chi connectivity index (χ4v) is 3.71. The average molecular weight is 427 g/mol. The first-order valence-corrected chi connectivity index (χ1v) is 10.1. The minimum atomic E-state index is -4.76. The van der Waals surface area contributed by atoms with Crippen molar-refractivity contribution in [3.8, 4) is 11.4 Å². The van der Waals surface area contributed by atoms with Gasteiger partial charge in [-0.25, -0.2) is 8.60 Å². The van der Waals surface area contributed by atoms with Gasteiger partial charge in [0.05, 0.1) is 15.5 Å². The van der Waals surface area contributed by atoms with E-state index in [1.807, 2.05) is 0 Å². The second-order valence-corrected chi connectivity index (χ2v) is 8.48. The standard InChI is InChI=1S/C18H13F4N3O3S/c1-29(27,10-13-4-2-3-5-14(13)19)25-16(26)12-8-6-11(7-9-12)15-23-17(28-24-15)18(20,21)22/h2-9H,10H2,1H3. The maximum atomic E-state index is 13.7. The highest BCUT2D eigenvalue weighted by molar-refractivity contribution is 7.92. The summed E-state index contributed by atoms with van der Waals surface area (Å²) >= 11 is 0. The summed E-state index contributed by atoms with van der Waals surface area (Å²) in [5, 5.41) is 3.25. The Labute approximate surface area is 162 Å². The summed E-state index contributed by atoms with van der Waals surface area (Å²) in [6, 6.07) is 10.9. The quantitative estimate of drug-likeness (QED) is 0.579. The van der Waals surface area contributed by atoms with Crippen molar-refractivity contribution >= 4 is 15.6 Å². The van der Waals surface area contributed by atoms with Crippen LogP contribution in [0.5, 0.6) is 0 Å². The van der Waals surface area contributed by atoms with Crippen molar-refractivity contribution in [3.63, 3.8) is 0 Å². The van der Waals surface area contributed by atoms with Crippen LogP contribution in [-0.4, -0.2) is 26.5 Å². The number of carbonyl (C=O) groups is 1. The first kappa shape index (κ1) is 20.6. The Kier molecular flexibility index (Phi) is 5.51. The summed E-state index contributed by atoms with van der Waals surface area (Å²) in [6.45, 7) is 0. The molecule has 152 valence electrons. The molecule has 1 aromatic heterocycles. The number of aromatic nitrogens is 2. The lowest BCUT2D eigenvalue weighted by molar-refractivity contribution is -0.159. The third-order valence-electron chi connectivity index (χ3n) is 3.72. The molecule has 1 atom stereocenters. The van der Waals surface area contributed by atoms with E-state index in [4.69, 9.17) is 0 Å². The predicted octanol–water partition coefficient (Wildman–Crippen LogP) is 4.33. The Morgan fingerprint density at radius 1 is 1.14 bits per heavy atom. The fourth-order valence-electron chi connectivity index (χ4n) is 2.38. The van der Waals surface area contributed by atoms with Crippen molar-refractivity contribution < 1.29 is 31.1 Å². The topological polar surface area (TPSA) is 85.4 Å². The van der Waals surface area contributed by atoms with Gasteiger partial charge in [0, 0.05) is 22.9 Å². The number of hydrogen-bond donors (Lipinski definition) is 0. The third kappa shape index (κ3) is 5.05. The van der Waals surface area contributed by atoms with Crippen molar-refractivity contribution in [1.29, 1.82) is 0 Å². The maximum Gasteiger partial charge on any atom is 0.471 e. The molecule has 11 heteroatoms. The number of alkyl halides is 3. The van der Waals surface area contributed by atoms with Gasteiger partial charge in [0.25, 0.3) is 5.91 Å². The van der Waals surface area contributed by atoms with Gasteiger partial charge in [-0.1, -0.05) is 35.5 Å². The Balaban J connectivity index is 1.79. The summed E-state index contributed by atoms with van der Waals surface area (Å²) in [6.07, 6.45) is -3.52. The Hall–Kier alpha value is -3.08. The molecule has 1 heterocycles. The molecule has 0 radical (unpaired) electrons. The molecule has 3 aromatic rings. The average Bonchev–Trinajstić information content (AvgIpc) is 3.14. The van der Waals surface area contributed by atoms with E-state index in [1.54, 1.807) is 6.07 Å². The van der Waals surface area contributed by atoms with Gasteiger partial charge in [0.15, 0.2) is 0 Å². The Morgan fingerprint density at radius 2 is 1.79 bits per heavy atom. The van der Waals surface area contributed by atoms with Gasteiger partial charge in [0.2, 0.25) is 5.82 Å². The van der Waals surface area contributed by atoms with Gasteiger partial charge in [-0.15, -0.1) is 0 Å². The van der Waals surface area contributed by atoms with Gasteiger partial charge in [-0.05, 0) is 18.2 Å². The predicted molar refractivity (Wildman–Crippen MR) is 95.7 cm³/mol. The van der Waals surface area contributed by atoms with Crippen molar-refractivity contribution in [1.82, 2.24) is 10.1 Å². The Bertz CT molecular complexity index is 1160. The van der Waals surface area contributed by atoms with Crippen molar-refractivity contribution in [2.45, 2.75) is 11.9 Å². The molecule has 1 unspecified atom stereocenters. The zero-order valence-electron chi connectivity index (χ0n) is 14.8. The van der Waals surface area contributed by atoms with E-state index in [9.17, 15) is 26.6 Å². The lowest BCUT2D eigenvalue weighted by Gasteiger charge is -2.05. The van der Waals surface area contributed by atoms with E-state index in [-0.39, 0.29) is 28.3 Å². The molecule has 6 nitrogen and oxygen atoms in total. The van der Waals surface area contributed by atoms with E-state index in [0.29, 0.717) is 0 Å². The molecule has 0 saturated heterocycles. The molecule has 3 rings (SSSR count). The van der Waals surface area contributed by atoms with Gasteiger partial charge < -0.3 is 4.52 Å². The number of amides is 1. The number of halogens is 4. The first-order valence-electron chi connectivity index (χ1n) is 8.04. The molecule has 2 aromatic carbocycles. The zero-order valence-corrected chi connectivity index (χ0v) is 15.6. The summed E-state index contributed by atoms with van der Waals surface area (Å²) in [7, 11) is -3.06. The van der Waals surface area contributed by atoms with Crippen LogP contribution in [0.4, 0.5) is 17.6 Å². The van der Waals surface area contributed by atoms with E-state index in [2.05, 4.69) is 19.0 Å². The van der Waals surface area contributed by atoms with Crippen LogP contribution < -0.4 is 0 Å². The molecule has 0 bridgehead atoms. The number of nitrogens with zero attached hydrogens (tertiary/aromatic N) is 3. The Morgan fingerprint density at radius 3 is 2.38 bits per heavy atom. The molecule has 0 spiro atoms. The minimum absolute atomic E-state index is 0.0522. The highest BCUT2D eigenvalue weighted by atomic mass is 32.2. The molecule has 0 N–H and O–H groups in total. The second-order valence-electron chi connectivity index (χ2n) is 6.09. The first-order chi connectivity index (χ1) is 13.5. The van der Waals surface area contributed by atoms with Gasteiger partial charge in [0.1, 0.15) is 5.82 Å². The normalized spacial score (nSPS) is 13.7. The molecular formula is C18H13F4N3O3S. The largest absolute Gasteiger partial charge is 0.471 e. The second kappa shape index (κ2) is 7.74. The third-order valence-corrected chi connectivity index (χ3v) is 5.11. The molecule has 0 aliphatic heterocycles. The summed E-state index contributed by atoms with van der Waals surface area (Å²) in [5.41, 5.74) is 0.408. The maximum absolute atomic E-state index is 13.7. The van der Waals surface area contributed by atoms with Crippen LogP contribution in [0.3, 0.4) is 0 Å². The summed E-state index contributed by atoms with van der Waals surface area (Å²) < 4.78 is 71.7. The summed E-state index contributed by atoms with van der Waals surface area (Å²) in [5.74, 6) is -3.38. The minimum Gasteiger partial charge on any atom is -0.329 e. The molecule has 1 amide bonds. The van der Waals surface area contributed by atoms with Gasteiger partial charge >= 0.3 is 12.1 Å². The van der Waals surface area contributed by atoms with Gasteiger partial charge in [-0.2, -0.15) is 22.5 Å². The van der Waals surface area contributed by atoms with Crippen molar-refractivity contribution in [3.05, 3.63) is 71.4 Å². The van der Waals surface area contributed by atoms with Crippen molar-refractivity contribution in [2.75, 3.05) is 6.26 Å². The number of carbonyl (C=O) groups excluding carboxylic acids is 1.